The standard InChI is InChI=1S/C15H18N4O2/c1-10-7-14(18-19(10)3)9-16-15(21)17-13-6-4-5-12(8-13)11(2)20/h4-8H,9H2,1-3H3,(H2,16,17,21). The maximum absolute atomic E-state index is 11.8. The number of nitrogens with zero attached hydrogens (tertiary/aromatic N) is 2. The molecule has 0 bridgehead atoms. The van der Waals surface area contributed by atoms with Crippen LogP contribution in [0.5, 0.6) is 0 Å². The molecule has 0 radical (unpaired) electrons. The van der Waals surface area contributed by atoms with Gasteiger partial charge in [-0.1, -0.05) is 12.1 Å². The summed E-state index contributed by atoms with van der Waals surface area (Å²) in [6.07, 6.45) is 0. The molecule has 110 valence electrons. The van der Waals surface area contributed by atoms with Crippen LogP contribution in [-0.2, 0) is 13.6 Å². The van der Waals surface area contributed by atoms with Crippen LogP contribution in [0.15, 0.2) is 30.3 Å². The molecule has 1 aromatic carbocycles. The topological polar surface area (TPSA) is 76.0 Å². The van der Waals surface area contributed by atoms with Crippen LogP contribution in [0.1, 0.15) is 28.7 Å². The number of urea groups is 1. The maximum Gasteiger partial charge on any atom is 0.319 e. The van der Waals surface area contributed by atoms with E-state index < -0.39 is 0 Å². The van der Waals surface area contributed by atoms with E-state index in [0.717, 1.165) is 11.4 Å². The van der Waals surface area contributed by atoms with Crippen molar-refractivity contribution < 1.29 is 9.59 Å². The summed E-state index contributed by atoms with van der Waals surface area (Å²) >= 11 is 0. The Kier molecular flexibility index (Phi) is 4.37. The smallest absolute Gasteiger partial charge is 0.319 e. The Morgan fingerprint density at radius 2 is 2.05 bits per heavy atom. The summed E-state index contributed by atoms with van der Waals surface area (Å²) in [4.78, 5) is 23.1. The minimum Gasteiger partial charge on any atom is -0.332 e. The second-order valence-electron chi connectivity index (χ2n) is 4.85. The quantitative estimate of drug-likeness (QED) is 0.846. The molecule has 21 heavy (non-hydrogen) atoms. The molecule has 0 saturated heterocycles. The highest BCUT2D eigenvalue weighted by Gasteiger charge is 2.06. The fourth-order valence-electron chi connectivity index (χ4n) is 1.88. The first-order valence-electron chi connectivity index (χ1n) is 6.61. The van der Waals surface area contributed by atoms with E-state index in [9.17, 15) is 9.59 Å². The number of amides is 2. The Bertz CT molecular complexity index is 657. The van der Waals surface area contributed by atoms with Gasteiger partial charge in [0.1, 0.15) is 0 Å². The minimum atomic E-state index is -0.334. The monoisotopic (exact) mass is 286 g/mol. The molecule has 6 nitrogen and oxygen atoms in total. The van der Waals surface area contributed by atoms with E-state index in [2.05, 4.69) is 15.7 Å². The molecule has 0 aliphatic carbocycles. The summed E-state index contributed by atoms with van der Waals surface area (Å²) < 4.78 is 1.76. The summed E-state index contributed by atoms with van der Waals surface area (Å²) in [6.45, 7) is 3.78. The van der Waals surface area contributed by atoms with Crippen molar-refractivity contribution in [1.82, 2.24) is 15.1 Å². The van der Waals surface area contributed by atoms with E-state index in [1.807, 2.05) is 20.0 Å². The molecule has 1 aromatic heterocycles. The molecule has 2 aromatic rings. The number of hydrogen-bond donors (Lipinski definition) is 2. The zero-order valence-corrected chi connectivity index (χ0v) is 12.3. The van der Waals surface area contributed by atoms with E-state index in [0.29, 0.717) is 17.8 Å². The first kappa shape index (κ1) is 14.8. The molecular weight excluding hydrogens is 268 g/mol. The summed E-state index contributed by atoms with van der Waals surface area (Å²) in [6, 6.07) is 8.40. The predicted octanol–water partition coefficient (Wildman–Crippen LogP) is 2.25. The Morgan fingerprint density at radius 3 is 2.67 bits per heavy atom. The van der Waals surface area contributed by atoms with Crippen LogP contribution in [0.4, 0.5) is 10.5 Å². The Labute approximate surface area is 123 Å². The number of aromatic nitrogens is 2. The van der Waals surface area contributed by atoms with Crippen molar-refractivity contribution in [3.05, 3.63) is 47.3 Å². The van der Waals surface area contributed by atoms with Crippen molar-refractivity contribution in [2.45, 2.75) is 20.4 Å². The van der Waals surface area contributed by atoms with Crippen LogP contribution >= 0.6 is 0 Å². The molecule has 2 rings (SSSR count). The number of aryl methyl sites for hydroxylation is 2. The number of Topliss-reactive ketones (excluding diaryl/α,β-unsaturated/α-hetero) is 1. The van der Waals surface area contributed by atoms with Gasteiger partial charge in [0.2, 0.25) is 0 Å². The first-order valence-corrected chi connectivity index (χ1v) is 6.61. The van der Waals surface area contributed by atoms with Gasteiger partial charge in [-0.15, -0.1) is 0 Å². The van der Waals surface area contributed by atoms with Crippen LogP contribution in [0.3, 0.4) is 0 Å². The van der Waals surface area contributed by atoms with Gasteiger partial charge in [-0.25, -0.2) is 4.79 Å². The highest BCUT2D eigenvalue weighted by atomic mass is 16.2. The minimum absolute atomic E-state index is 0.0389. The number of benzene rings is 1. The average Bonchev–Trinajstić information content (AvgIpc) is 2.76. The molecule has 0 saturated carbocycles. The van der Waals surface area contributed by atoms with E-state index in [1.165, 1.54) is 6.92 Å². The summed E-state index contributed by atoms with van der Waals surface area (Å²) in [5.74, 6) is -0.0389. The Hall–Kier alpha value is -2.63. The van der Waals surface area contributed by atoms with Gasteiger partial charge in [-0.2, -0.15) is 5.10 Å². The molecule has 0 spiro atoms. The van der Waals surface area contributed by atoms with Gasteiger partial charge in [-0.05, 0) is 32.0 Å². The SMILES string of the molecule is CC(=O)c1cccc(NC(=O)NCc2cc(C)n(C)n2)c1. The average molecular weight is 286 g/mol. The normalized spacial score (nSPS) is 10.2. The fourth-order valence-corrected chi connectivity index (χ4v) is 1.88. The van der Waals surface area contributed by atoms with E-state index in [4.69, 9.17) is 0 Å². The van der Waals surface area contributed by atoms with E-state index >= 15 is 0 Å². The number of nitrogens with one attached hydrogen (secondary N) is 2. The second-order valence-corrected chi connectivity index (χ2v) is 4.85. The zero-order chi connectivity index (χ0) is 15.4. The molecule has 1 heterocycles. The van der Waals surface area contributed by atoms with Gasteiger partial charge in [0.05, 0.1) is 12.2 Å². The van der Waals surface area contributed by atoms with Crippen molar-refractivity contribution in [2.24, 2.45) is 7.05 Å². The number of rotatable bonds is 4. The first-order chi connectivity index (χ1) is 9.95. The van der Waals surface area contributed by atoms with Crippen LogP contribution in [0.2, 0.25) is 0 Å². The van der Waals surface area contributed by atoms with E-state index in [-0.39, 0.29) is 11.8 Å². The predicted molar refractivity (Wildman–Crippen MR) is 80.2 cm³/mol. The number of hydrogen-bond acceptors (Lipinski definition) is 3. The van der Waals surface area contributed by atoms with Crippen molar-refractivity contribution >= 4 is 17.5 Å². The Morgan fingerprint density at radius 1 is 1.29 bits per heavy atom. The van der Waals surface area contributed by atoms with Gasteiger partial charge in [0.15, 0.2) is 5.78 Å². The lowest BCUT2D eigenvalue weighted by molar-refractivity contribution is 0.101. The number of ketones is 1. The molecule has 2 N–H and O–H groups in total. The van der Waals surface area contributed by atoms with E-state index in [1.54, 1.807) is 28.9 Å². The van der Waals surface area contributed by atoms with Crippen molar-refractivity contribution in [3.8, 4) is 0 Å². The lowest BCUT2D eigenvalue weighted by Crippen LogP contribution is -2.28. The molecule has 0 fully saturated rings. The van der Waals surface area contributed by atoms with Gasteiger partial charge in [0.25, 0.3) is 0 Å². The molecule has 2 amide bonds. The molecule has 0 unspecified atom stereocenters. The van der Waals surface area contributed by atoms with Crippen molar-refractivity contribution in [3.63, 3.8) is 0 Å². The van der Waals surface area contributed by atoms with Crippen LogP contribution in [0, 0.1) is 6.92 Å². The largest absolute Gasteiger partial charge is 0.332 e. The summed E-state index contributed by atoms with van der Waals surface area (Å²) in [5, 5.41) is 9.67. The molecule has 0 aliphatic rings. The summed E-state index contributed by atoms with van der Waals surface area (Å²) in [5.41, 5.74) is 2.97. The highest BCUT2D eigenvalue weighted by Crippen LogP contribution is 2.11. The van der Waals surface area contributed by atoms with Crippen LogP contribution < -0.4 is 10.6 Å². The summed E-state index contributed by atoms with van der Waals surface area (Å²) in [7, 11) is 1.85. The third kappa shape index (κ3) is 3.92. The van der Waals surface area contributed by atoms with Crippen LogP contribution in [0.25, 0.3) is 0 Å². The molecule has 0 atom stereocenters. The van der Waals surface area contributed by atoms with Gasteiger partial charge in [-0.3, -0.25) is 9.48 Å². The molecular formula is C15H18N4O2. The van der Waals surface area contributed by atoms with Gasteiger partial charge < -0.3 is 10.6 Å². The molecule has 6 heteroatoms. The van der Waals surface area contributed by atoms with Gasteiger partial charge >= 0.3 is 6.03 Å². The molecule has 0 aliphatic heterocycles. The number of carbonyl (C=O) groups excluding carboxylic acids is 2. The van der Waals surface area contributed by atoms with Crippen molar-refractivity contribution in [1.29, 1.82) is 0 Å². The number of anilines is 1. The fraction of sp³-hybridized carbons (Fsp3) is 0.267. The van der Waals surface area contributed by atoms with Gasteiger partial charge in [0, 0.05) is 24.0 Å². The van der Waals surface area contributed by atoms with Crippen molar-refractivity contribution in [2.75, 3.05) is 5.32 Å². The maximum atomic E-state index is 11.8. The zero-order valence-electron chi connectivity index (χ0n) is 12.3. The third-order valence-corrected chi connectivity index (χ3v) is 3.12. The second kappa shape index (κ2) is 6.21. The Balaban J connectivity index is 1.92. The third-order valence-electron chi connectivity index (χ3n) is 3.12. The number of carbonyl (C=O) groups is 2. The lowest BCUT2D eigenvalue weighted by atomic mass is 10.1. The lowest BCUT2D eigenvalue weighted by Gasteiger charge is -2.07. The van der Waals surface area contributed by atoms with Crippen LogP contribution in [-0.4, -0.2) is 21.6 Å². The highest BCUT2D eigenvalue weighted by molar-refractivity contribution is 5.96.